The Morgan fingerprint density at radius 2 is 1.65 bits per heavy atom. The molecule has 2 aromatic carbocycles. The van der Waals surface area contributed by atoms with Gasteiger partial charge in [-0.2, -0.15) is 0 Å². The molecule has 0 aliphatic heterocycles. The van der Waals surface area contributed by atoms with E-state index < -0.39 is 22.7 Å². The molecule has 0 aliphatic rings. The van der Waals surface area contributed by atoms with Gasteiger partial charge >= 0.3 is 0 Å². The molecule has 0 spiro atoms. The van der Waals surface area contributed by atoms with Gasteiger partial charge in [-0.15, -0.1) is 4.91 Å². The van der Waals surface area contributed by atoms with Gasteiger partial charge in [0.25, 0.3) is 0 Å². The summed E-state index contributed by atoms with van der Waals surface area (Å²) in [6.07, 6.45) is 0. The van der Waals surface area contributed by atoms with Gasteiger partial charge in [0.2, 0.25) is 11.2 Å². The second-order valence-electron chi connectivity index (χ2n) is 4.74. The van der Waals surface area contributed by atoms with Gasteiger partial charge in [-0.05, 0) is 23.4 Å². The summed E-state index contributed by atoms with van der Waals surface area (Å²) in [5.74, 6) is -2.50. The number of fused-ring (bicyclic) bond motifs is 1. The van der Waals surface area contributed by atoms with Crippen LogP contribution in [0.4, 0.5) is 5.69 Å². The van der Waals surface area contributed by atoms with E-state index >= 15 is 0 Å². The van der Waals surface area contributed by atoms with Gasteiger partial charge in [-0.3, -0.25) is 4.79 Å². The van der Waals surface area contributed by atoms with Crippen molar-refractivity contribution in [1.29, 1.82) is 0 Å². The van der Waals surface area contributed by atoms with Crippen LogP contribution in [0.1, 0.15) is 0 Å². The van der Waals surface area contributed by atoms with Crippen LogP contribution in [-0.4, -0.2) is 20.4 Å². The molecule has 0 aliphatic carbocycles. The highest BCUT2D eigenvalue weighted by molar-refractivity contribution is 5.89. The summed E-state index contributed by atoms with van der Waals surface area (Å²) < 4.78 is 5.38. The van der Waals surface area contributed by atoms with Crippen molar-refractivity contribution in [3.63, 3.8) is 0 Å². The fourth-order valence-corrected chi connectivity index (χ4v) is 2.19. The van der Waals surface area contributed by atoms with Crippen LogP contribution in [-0.2, 0) is 0 Å². The molecule has 1 aromatic heterocycles. The van der Waals surface area contributed by atoms with E-state index in [4.69, 9.17) is 4.42 Å². The molecule has 3 rings (SSSR count). The van der Waals surface area contributed by atoms with Crippen molar-refractivity contribution in [3.05, 3.63) is 45.5 Å². The maximum absolute atomic E-state index is 12.2. The molecule has 1 heterocycles. The normalized spacial score (nSPS) is 10.8. The first kappa shape index (κ1) is 14.4. The number of phenolic OH excluding ortho intramolecular Hbond substituents is 3. The first-order chi connectivity index (χ1) is 10.9. The molecule has 0 atom stereocenters. The molecule has 8 heteroatoms. The molecule has 0 bridgehead atoms. The predicted molar refractivity (Wildman–Crippen MR) is 80.0 cm³/mol. The minimum Gasteiger partial charge on any atom is -0.507 e. The SMILES string of the molecule is O=Nc1cc(O)c2c(=O)c(O)c(-c3ccc(O)c(O)c3)oc2c1. The number of hydrogen-bond acceptors (Lipinski definition) is 8. The van der Waals surface area contributed by atoms with Crippen molar-refractivity contribution in [3.8, 4) is 34.3 Å². The molecular weight excluding hydrogens is 306 g/mol. The first-order valence-electron chi connectivity index (χ1n) is 6.31. The van der Waals surface area contributed by atoms with E-state index in [0.29, 0.717) is 0 Å². The average Bonchev–Trinajstić information content (AvgIpc) is 2.52. The van der Waals surface area contributed by atoms with E-state index in [9.17, 15) is 30.1 Å². The summed E-state index contributed by atoms with van der Waals surface area (Å²) in [6.45, 7) is 0. The van der Waals surface area contributed by atoms with Gasteiger partial charge in [-0.25, -0.2) is 0 Å². The van der Waals surface area contributed by atoms with Crippen molar-refractivity contribution in [1.82, 2.24) is 0 Å². The Morgan fingerprint density at radius 3 is 2.30 bits per heavy atom. The van der Waals surface area contributed by atoms with E-state index in [1.165, 1.54) is 6.07 Å². The number of rotatable bonds is 2. The van der Waals surface area contributed by atoms with Gasteiger partial charge in [0.15, 0.2) is 17.3 Å². The fourth-order valence-electron chi connectivity index (χ4n) is 2.19. The zero-order valence-electron chi connectivity index (χ0n) is 11.3. The number of phenols is 3. The Kier molecular flexibility index (Phi) is 3.14. The largest absolute Gasteiger partial charge is 0.507 e. The van der Waals surface area contributed by atoms with Crippen LogP contribution < -0.4 is 5.43 Å². The standard InChI is InChI=1S/C15H9NO7/c17-8-2-1-6(3-9(8)18)15-14(21)13(20)12-10(19)4-7(16-22)5-11(12)23-15/h1-5,17-19,21H. The predicted octanol–water partition coefficient (Wildman–Crippen LogP) is 2.68. The second-order valence-corrected chi connectivity index (χ2v) is 4.74. The third kappa shape index (κ3) is 2.22. The monoisotopic (exact) mass is 315 g/mol. The Bertz CT molecular complexity index is 1010. The highest BCUT2D eigenvalue weighted by Crippen LogP contribution is 2.37. The molecule has 0 radical (unpaired) electrons. The first-order valence-corrected chi connectivity index (χ1v) is 6.31. The van der Waals surface area contributed by atoms with Crippen LogP contribution in [0.15, 0.2) is 44.7 Å². The van der Waals surface area contributed by atoms with Gasteiger partial charge in [0, 0.05) is 17.7 Å². The molecule has 0 amide bonds. The molecular formula is C15H9NO7. The zero-order valence-corrected chi connectivity index (χ0v) is 11.3. The highest BCUT2D eigenvalue weighted by atomic mass is 16.4. The molecule has 0 saturated heterocycles. The van der Waals surface area contributed by atoms with Crippen molar-refractivity contribution >= 4 is 16.7 Å². The fraction of sp³-hybridized carbons (Fsp3) is 0. The summed E-state index contributed by atoms with van der Waals surface area (Å²) in [5, 5.41) is 41.0. The molecule has 116 valence electrons. The van der Waals surface area contributed by atoms with Gasteiger partial charge < -0.3 is 24.8 Å². The number of aromatic hydroxyl groups is 4. The molecule has 3 aromatic rings. The van der Waals surface area contributed by atoms with Crippen molar-refractivity contribution in [2.75, 3.05) is 0 Å². The van der Waals surface area contributed by atoms with E-state index in [1.54, 1.807) is 0 Å². The lowest BCUT2D eigenvalue weighted by molar-refractivity contribution is 0.403. The summed E-state index contributed by atoms with van der Waals surface area (Å²) in [6, 6.07) is 5.64. The summed E-state index contributed by atoms with van der Waals surface area (Å²) in [4.78, 5) is 22.8. The highest BCUT2D eigenvalue weighted by Gasteiger charge is 2.19. The van der Waals surface area contributed by atoms with E-state index in [1.807, 2.05) is 0 Å². The topological polar surface area (TPSA) is 141 Å². The van der Waals surface area contributed by atoms with E-state index in [2.05, 4.69) is 5.18 Å². The average molecular weight is 315 g/mol. The molecule has 23 heavy (non-hydrogen) atoms. The zero-order chi connectivity index (χ0) is 16.7. The maximum atomic E-state index is 12.2. The lowest BCUT2D eigenvalue weighted by Crippen LogP contribution is -2.02. The van der Waals surface area contributed by atoms with Crippen molar-refractivity contribution in [2.24, 2.45) is 5.18 Å². The van der Waals surface area contributed by atoms with Gasteiger partial charge in [0.05, 0.1) is 0 Å². The van der Waals surface area contributed by atoms with Gasteiger partial charge in [-0.1, -0.05) is 0 Å². The van der Waals surface area contributed by atoms with Crippen molar-refractivity contribution < 1.29 is 24.8 Å². The molecule has 0 saturated carbocycles. The lowest BCUT2D eigenvalue weighted by atomic mass is 10.1. The molecule has 8 nitrogen and oxygen atoms in total. The summed E-state index contributed by atoms with van der Waals surface area (Å²) in [5.41, 5.74) is -1.13. The smallest absolute Gasteiger partial charge is 0.238 e. The Labute approximate surface area is 127 Å². The van der Waals surface area contributed by atoms with Crippen LogP contribution in [0, 0.1) is 4.91 Å². The molecule has 0 unspecified atom stereocenters. The number of benzene rings is 2. The minimum absolute atomic E-state index is 0.112. The lowest BCUT2D eigenvalue weighted by Gasteiger charge is -2.08. The van der Waals surface area contributed by atoms with Crippen LogP contribution >= 0.6 is 0 Å². The number of nitrogens with zero attached hydrogens (tertiary/aromatic N) is 1. The van der Waals surface area contributed by atoms with Crippen LogP contribution in [0.3, 0.4) is 0 Å². The van der Waals surface area contributed by atoms with Crippen LogP contribution in [0.5, 0.6) is 23.0 Å². The van der Waals surface area contributed by atoms with E-state index in [-0.39, 0.29) is 33.7 Å². The Morgan fingerprint density at radius 1 is 0.913 bits per heavy atom. The minimum atomic E-state index is -0.913. The van der Waals surface area contributed by atoms with Crippen LogP contribution in [0.25, 0.3) is 22.3 Å². The third-order valence-electron chi connectivity index (χ3n) is 3.28. The molecule has 4 N–H and O–H groups in total. The number of hydrogen-bond donors (Lipinski definition) is 4. The molecule has 0 fully saturated rings. The summed E-state index contributed by atoms with van der Waals surface area (Å²) in [7, 11) is 0. The quantitative estimate of drug-likeness (QED) is 0.421. The van der Waals surface area contributed by atoms with Crippen molar-refractivity contribution in [2.45, 2.75) is 0 Å². The number of nitroso groups, excluding NO2 is 1. The maximum Gasteiger partial charge on any atom is 0.238 e. The Hall–Kier alpha value is -3.55. The van der Waals surface area contributed by atoms with E-state index in [0.717, 1.165) is 24.3 Å². The second kappa shape index (κ2) is 5.02. The van der Waals surface area contributed by atoms with Gasteiger partial charge in [0.1, 0.15) is 22.4 Å². The summed E-state index contributed by atoms with van der Waals surface area (Å²) >= 11 is 0. The third-order valence-corrected chi connectivity index (χ3v) is 3.28. The Balaban J connectivity index is 2.38. The van der Waals surface area contributed by atoms with Crippen LogP contribution in [0.2, 0.25) is 0 Å².